The Balaban J connectivity index is 0.000000194. The number of aryl methyl sites for hydroxylation is 1. The van der Waals surface area contributed by atoms with E-state index in [1.54, 1.807) is 39.0 Å². The van der Waals surface area contributed by atoms with E-state index in [2.05, 4.69) is 72.6 Å². The normalized spacial score (nSPS) is 12.0. The van der Waals surface area contributed by atoms with Crippen LogP contribution in [0.4, 0.5) is 13.6 Å². The summed E-state index contributed by atoms with van der Waals surface area (Å²) in [6.45, 7) is 13.8. The van der Waals surface area contributed by atoms with Crippen molar-refractivity contribution < 1.29 is 18.3 Å². The second kappa shape index (κ2) is 13.5. The highest BCUT2D eigenvalue weighted by atomic mass is 35.5. The first-order valence-electron chi connectivity index (χ1n) is 15.2. The molecule has 0 fully saturated rings. The fraction of sp³-hybridized carbons (Fsp3) is 0.270. The van der Waals surface area contributed by atoms with Gasteiger partial charge in [-0.2, -0.15) is 0 Å². The number of hydrogen-bond donors (Lipinski definition) is 0. The minimum atomic E-state index is -2.75. The Hall–Kier alpha value is -3.98. The average Bonchev–Trinajstić information content (AvgIpc) is 3.55. The zero-order valence-electron chi connectivity index (χ0n) is 27.6. The molecule has 4 aromatic heterocycles. The van der Waals surface area contributed by atoms with Gasteiger partial charge in [0.1, 0.15) is 21.6 Å². The van der Waals surface area contributed by atoms with Crippen LogP contribution in [-0.4, -0.2) is 30.8 Å². The molecular weight excluding hydrogens is 677 g/mol. The van der Waals surface area contributed by atoms with Gasteiger partial charge in [-0.1, -0.05) is 65.1 Å². The lowest BCUT2D eigenvalue weighted by molar-refractivity contribution is 0.0546. The van der Waals surface area contributed by atoms with E-state index in [9.17, 15) is 13.6 Å². The topological polar surface area (TPSA) is 61.9 Å². The highest BCUT2D eigenvalue weighted by Gasteiger charge is 2.27. The van der Waals surface area contributed by atoms with Crippen LogP contribution in [0.3, 0.4) is 0 Å². The van der Waals surface area contributed by atoms with E-state index in [1.807, 2.05) is 12.1 Å². The maximum absolute atomic E-state index is 13.6. The lowest BCUT2D eigenvalue weighted by Gasteiger charge is -2.26. The number of aromatic nitrogens is 4. The molecule has 0 amide bonds. The van der Waals surface area contributed by atoms with Crippen LogP contribution in [0.1, 0.15) is 59.1 Å². The lowest BCUT2D eigenvalue weighted by atomic mass is 10.0. The van der Waals surface area contributed by atoms with Gasteiger partial charge in [0, 0.05) is 38.0 Å². The van der Waals surface area contributed by atoms with Crippen molar-refractivity contribution in [1.82, 2.24) is 19.1 Å². The average molecular weight is 712 g/mol. The van der Waals surface area contributed by atoms with Crippen molar-refractivity contribution in [2.45, 2.75) is 66.0 Å². The number of nitrogens with zero attached hydrogens (tertiary/aromatic N) is 4. The van der Waals surface area contributed by atoms with Gasteiger partial charge in [0.25, 0.3) is 6.43 Å². The summed E-state index contributed by atoms with van der Waals surface area (Å²) in [7, 11) is 0. The highest BCUT2D eigenvalue weighted by Crippen LogP contribution is 2.37. The number of carbonyl (C=O) groups excluding carboxylic acids is 1. The van der Waals surface area contributed by atoms with Gasteiger partial charge in [0.05, 0.1) is 11.4 Å². The quantitative estimate of drug-likeness (QED) is 0.171. The van der Waals surface area contributed by atoms with Crippen LogP contribution in [0.15, 0.2) is 78.9 Å². The molecule has 0 spiro atoms. The van der Waals surface area contributed by atoms with Crippen LogP contribution in [-0.2, 0) is 10.3 Å². The predicted molar refractivity (Wildman–Crippen MR) is 192 cm³/mol. The number of benzene rings is 2. The fourth-order valence-electron chi connectivity index (χ4n) is 5.48. The zero-order chi connectivity index (χ0) is 35.1. The van der Waals surface area contributed by atoms with E-state index in [-0.39, 0.29) is 38.2 Å². The van der Waals surface area contributed by atoms with Gasteiger partial charge < -0.3 is 9.30 Å². The molecule has 48 heavy (non-hydrogen) atoms. The molecule has 0 aliphatic heterocycles. The monoisotopic (exact) mass is 710 g/mol. The maximum atomic E-state index is 13.6. The standard InChI is InChI=1S/C19H16Cl2F2N2O2.C18H19ClN2/c1-19(2,3)27-18(26)25-14(8-10-4-7-15(21)24-17(10)25)13-9-11(20)5-6-12(13)16(22)23;1-12-7-5-6-8-14(12)15-11-13-9-10-16(19)20-17(13)21(15)18(2,3)4/h4-9,16H,1-3H3;5-11H,1-4H3. The molecule has 6 aromatic rings. The van der Waals surface area contributed by atoms with Gasteiger partial charge in [-0.25, -0.2) is 28.1 Å². The Morgan fingerprint density at radius 2 is 1.33 bits per heavy atom. The van der Waals surface area contributed by atoms with E-state index in [1.165, 1.54) is 35.0 Å². The Morgan fingerprint density at radius 3 is 1.92 bits per heavy atom. The Morgan fingerprint density at radius 1 is 0.750 bits per heavy atom. The number of pyridine rings is 2. The largest absolute Gasteiger partial charge is 0.443 e. The highest BCUT2D eigenvalue weighted by molar-refractivity contribution is 6.31. The molecule has 11 heteroatoms. The third-order valence-corrected chi connectivity index (χ3v) is 8.08. The minimum Gasteiger partial charge on any atom is -0.443 e. The molecule has 0 atom stereocenters. The van der Waals surface area contributed by atoms with Crippen molar-refractivity contribution in [1.29, 1.82) is 0 Å². The van der Waals surface area contributed by atoms with Crippen molar-refractivity contribution in [2.75, 3.05) is 0 Å². The molecule has 0 N–H and O–H groups in total. The van der Waals surface area contributed by atoms with Crippen molar-refractivity contribution in [3.05, 3.63) is 105 Å². The number of fused-ring (bicyclic) bond motifs is 2. The van der Waals surface area contributed by atoms with Crippen LogP contribution in [0.2, 0.25) is 15.3 Å². The first-order chi connectivity index (χ1) is 22.4. The van der Waals surface area contributed by atoms with Crippen LogP contribution in [0.5, 0.6) is 0 Å². The van der Waals surface area contributed by atoms with Crippen LogP contribution in [0, 0.1) is 6.92 Å². The number of rotatable bonds is 3. The Labute approximate surface area is 293 Å². The number of carbonyl (C=O) groups is 1. The number of hydrogen-bond acceptors (Lipinski definition) is 4. The summed E-state index contributed by atoms with van der Waals surface area (Å²) >= 11 is 18.1. The molecule has 0 saturated heterocycles. The zero-order valence-corrected chi connectivity index (χ0v) is 29.8. The third-order valence-electron chi connectivity index (χ3n) is 7.43. The van der Waals surface area contributed by atoms with Crippen LogP contribution >= 0.6 is 34.8 Å². The van der Waals surface area contributed by atoms with Gasteiger partial charge in [0.15, 0.2) is 5.65 Å². The molecule has 0 aliphatic carbocycles. The summed E-state index contributed by atoms with van der Waals surface area (Å²) in [6, 6.07) is 23.3. The van der Waals surface area contributed by atoms with E-state index >= 15 is 0 Å². The molecule has 0 bridgehead atoms. The molecule has 2 aromatic carbocycles. The molecule has 0 unspecified atom stereocenters. The summed E-state index contributed by atoms with van der Waals surface area (Å²) in [5.74, 6) is 0. The number of halogens is 5. The summed E-state index contributed by atoms with van der Waals surface area (Å²) in [5.41, 5.74) is 4.05. The molecule has 6 rings (SSSR count). The Kier molecular flexibility index (Phi) is 9.93. The van der Waals surface area contributed by atoms with E-state index < -0.39 is 18.1 Å². The predicted octanol–water partition coefficient (Wildman–Crippen LogP) is 12.2. The maximum Gasteiger partial charge on any atom is 0.420 e. The van der Waals surface area contributed by atoms with Gasteiger partial charge >= 0.3 is 6.09 Å². The van der Waals surface area contributed by atoms with Crippen molar-refractivity contribution in [2.24, 2.45) is 0 Å². The summed E-state index contributed by atoms with van der Waals surface area (Å²) in [6.07, 6.45) is -3.50. The van der Waals surface area contributed by atoms with Gasteiger partial charge in [-0.15, -0.1) is 0 Å². The molecule has 0 aliphatic rings. The van der Waals surface area contributed by atoms with E-state index in [0.29, 0.717) is 10.5 Å². The molecule has 0 saturated carbocycles. The summed E-state index contributed by atoms with van der Waals surface area (Å²) in [5, 5.41) is 2.63. The van der Waals surface area contributed by atoms with Gasteiger partial charge in [-0.05, 0) is 103 Å². The van der Waals surface area contributed by atoms with Crippen molar-refractivity contribution >= 4 is 63.0 Å². The van der Waals surface area contributed by atoms with E-state index in [0.717, 1.165) is 15.6 Å². The minimum absolute atomic E-state index is 0.0724. The molecule has 0 radical (unpaired) electrons. The SMILES string of the molecule is CC(C)(C)OC(=O)n1c(-c2cc(Cl)ccc2C(F)F)cc2ccc(Cl)nc21.Cc1ccccc1-c1cc2ccc(Cl)nc2n1C(C)(C)C. The molecule has 6 nitrogen and oxygen atoms in total. The van der Waals surface area contributed by atoms with Crippen LogP contribution in [0.25, 0.3) is 44.6 Å². The molecular formula is C37H35Cl3F2N4O2. The number of alkyl halides is 2. The number of ether oxygens (including phenoxy) is 1. The second-order valence-electron chi connectivity index (χ2n) is 13.3. The smallest absolute Gasteiger partial charge is 0.420 e. The van der Waals surface area contributed by atoms with Crippen molar-refractivity contribution in [3.8, 4) is 22.5 Å². The van der Waals surface area contributed by atoms with Crippen molar-refractivity contribution in [3.63, 3.8) is 0 Å². The van der Waals surface area contributed by atoms with Gasteiger partial charge in [0.2, 0.25) is 0 Å². The van der Waals surface area contributed by atoms with Crippen LogP contribution < -0.4 is 0 Å². The first-order valence-corrected chi connectivity index (χ1v) is 16.3. The molecule has 4 heterocycles. The lowest BCUT2D eigenvalue weighted by Crippen LogP contribution is -2.27. The summed E-state index contributed by atoms with van der Waals surface area (Å²) in [4.78, 5) is 21.6. The Bertz CT molecular complexity index is 2140. The third kappa shape index (κ3) is 7.51. The van der Waals surface area contributed by atoms with Gasteiger partial charge in [-0.3, -0.25) is 0 Å². The molecule has 250 valence electrons. The first kappa shape index (κ1) is 35.3. The fourth-order valence-corrected chi connectivity index (χ4v) is 5.93. The second-order valence-corrected chi connectivity index (χ2v) is 14.5. The summed E-state index contributed by atoms with van der Waals surface area (Å²) < 4.78 is 36.0. The van der Waals surface area contributed by atoms with E-state index in [4.69, 9.17) is 39.5 Å².